The second-order valence-electron chi connectivity index (χ2n) is 5.72. The molecule has 0 atom stereocenters. The number of nitrogens with one attached hydrogen (secondary N) is 1. The van der Waals surface area contributed by atoms with Gasteiger partial charge in [-0.25, -0.2) is 4.98 Å². The van der Waals surface area contributed by atoms with Gasteiger partial charge in [0.1, 0.15) is 11.3 Å². The Labute approximate surface area is 124 Å². The van der Waals surface area contributed by atoms with E-state index in [0.717, 1.165) is 22.0 Å². The molecule has 3 rings (SSSR count). The number of hydrogen-bond donors (Lipinski definition) is 1. The summed E-state index contributed by atoms with van der Waals surface area (Å²) in [6.07, 6.45) is 6.59. The van der Waals surface area contributed by atoms with Crippen LogP contribution >= 0.6 is 11.3 Å². The Hall–Kier alpha value is -1.29. The van der Waals surface area contributed by atoms with E-state index in [4.69, 9.17) is 9.72 Å². The van der Waals surface area contributed by atoms with Gasteiger partial charge in [0.2, 0.25) is 0 Å². The van der Waals surface area contributed by atoms with Gasteiger partial charge in [-0.05, 0) is 37.8 Å². The Morgan fingerprint density at radius 3 is 2.65 bits per heavy atom. The van der Waals surface area contributed by atoms with Gasteiger partial charge in [-0.15, -0.1) is 0 Å². The minimum Gasteiger partial charge on any atom is -0.494 e. The molecule has 3 nitrogen and oxygen atoms in total. The number of aryl methyl sites for hydroxylation is 2. The maximum absolute atomic E-state index is 5.53. The molecule has 1 fully saturated rings. The third-order valence-corrected chi connectivity index (χ3v) is 5.25. The van der Waals surface area contributed by atoms with Crippen LogP contribution in [0.4, 0.5) is 5.13 Å². The average Bonchev–Trinajstić information content (AvgIpc) is 2.84. The Morgan fingerprint density at radius 1 is 1.20 bits per heavy atom. The van der Waals surface area contributed by atoms with Crippen LogP contribution in [0.5, 0.6) is 5.75 Å². The van der Waals surface area contributed by atoms with E-state index in [1.54, 1.807) is 18.4 Å². The highest BCUT2D eigenvalue weighted by Gasteiger charge is 2.17. The van der Waals surface area contributed by atoms with Crippen LogP contribution in [0.2, 0.25) is 0 Å². The van der Waals surface area contributed by atoms with E-state index < -0.39 is 0 Å². The van der Waals surface area contributed by atoms with Crippen molar-refractivity contribution >= 4 is 26.7 Å². The minimum atomic E-state index is 0.594. The van der Waals surface area contributed by atoms with E-state index in [-0.39, 0.29) is 0 Å². The summed E-state index contributed by atoms with van der Waals surface area (Å²) in [5.74, 6) is 0.915. The van der Waals surface area contributed by atoms with Crippen LogP contribution in [-0.4, -0.2) is 18.1 Å². The molecule has 0 radical (unpaired) electrons. The minimum absolute atomic E-state index is 0.594. The first-order chi connectivity index (χ1) is 9.69. The van der Waals surface area contributed by atoms with Crippen molar-refractivity contribution in [3.8, 4) is 5.75 Å². The molecule has 1 saturated carbocycles. The number of benzene rings is 1. The molecule has 1 heterocycles. The lowest BCUT2D eigenvalue weighted by molar-refractivity contribution is 0.416. The van der Waals surface area contributed by atoms with E-state index >= 15 is 0 Å². The summed E-state index contributed by atoms with van der Waals surface area (Å²) in [4.78, 5) is 4.78. The molecule has 2 aromatic rings. The quantitative estimate of drug-likeness (QED) is 0.892. The van der Waals surface area contributed by atoms with Gasteiger partial charge in [0.05, 0.1) is 11.8 Å². The first kappa shape index (κ1) is 13.7. The van der Waals surface area contributed by atoms with Gasteiger partial charge in [-0.3, -0.25) is 0 Å². The molecule has 0 spiro atoms. The van der Waals surface area contributed by atoms with Crippen molar-refractivity contribution in [2.24, 2.45) is 0 Å². The second-order valence-corrected chi connectivity index (χ2v) is 6.72. The summed E-state index contributed by atoms with van der Waals surface area (Å²) in [5.41, 5.74) is 3.45. The van der Waals surface area contributed by atoms with Crippen LogP contribution in [-0.2, 0) is 0 Å². The first-order valence-electron chi connectivity index (χ1n) is 7.40. The predicted molar refractivity (Wildman–Crippen MR) is 86.1 cm³/mol. The Morgan fingerprint density at radius 2 is 1.95 bits per heavy atom. The number of rotatable bonds is 3. The fourth-order valence-electron chi connectivity index (χ4n) is 3.12. The van der Waals surface area contributed by atoms with Crippen molar-refractivity contribution in [3.05, 3.63) is 17.2 Å². The van der Waals surface area contributed by atoms with Gasteiger partial charge < -0.3 is 10.1 Å². The van der Waals surface area contributed by atoms with Crippen molar-refractivity contribution in [1.82, 2.24) is 4.98 Å². The number of methoxy groups -OCH3 is 1. The van der Waals surface area contributed by atoms with Crippen LogP contribution in [0.15, 0.2) is 6.07 Å². The highest BCUT2D eigenvalue weighted by molar-refractivity contribution is 7.22. The molecule has 0 saturated heterocycles. The molecule has 0 bridgehead atoms. The lowest BCUT2D eigenvalue weighted by Gasteiger charge is -2.22. The highest BCUT2D eigenvalue weighted by atomic mass is 32.1. The first-order valence-corrected chi connectivity index (χ1v) is 8.22. The Balaban J connectivity index is 1.95. The predicted octanol–water partition coefficient (Wildman–Crippen LogP) is 4.67. The van der Waals surface area contributed by atoms with E-state index in [1.165, 1.54) is 42.4 Å². The van der Waals surface area contributed by atoms with Crippen molar-refractivity contribution in [2.75, 3.05) is 12.4 Å². The number of thiazole rings is 1. The summed E-state index contributed by atoms with van der Waals surface area (Å²) in [6, 6.07) is 2.78. The monoisotopic (exact) mass is 290 g/mol. The summed E-state index contributed by atoms with van der Waals surface area (Å²) in [7, 11) is 1.73. The maximum atomic E-state index is 5.53. The molecule has 0 unspecified atom stereocenters. The van der Waals surface area contributed by atoms with E-state index in [1.807, 2.05) is 0 Å². The van der Waals surface area contributed by atoms with Gasteiger partial charge in [0.15, 0.2) is 5.13 Å². The average molecular weight is 290 g/mol. The fraction of sp³-hybridized carbons (Fsp3) is 0.562. The Kier molecular flexibility index (Phi) is 3.83. The molecule has 1 aromatic heterocycles. The van der Waals surface area contributed by atoms with Crippen LogP contribution in [0.1, 0.15) is 43.2 Å². The number of nitrogens with zero attached hydrogens (tertiary/aromatic N) is 1. The second kappa shape index (κ2) is 5.60. The van der Waals surface area contributed by atoms with Crippen LogP contribution in [0, 0.1) is 13.8 Å². The number of ether oxygens (including phenoxy) is 1. The molecule has 108 valence electrons. The molecule has 1 aliphatic rings. The largest absolute Gasteiger partial charge is 0.494 e. The maximum Gasteiger partial charge on any atom is 0.184 e. The smallest absolute Gasteiger partial charge is 0.184 e. The van der Waals surface area contributed by atoms with Gasteiger partial charge in [0.25, 0.3) is 0 Å². The molecule has 1 N–H and O–H groups in total. The number of fused-ring (bicyclic) bond motifs is 1. The van der Waals surface area contributed by atoms with Gasteiger partial charge >= 0.3 is 0 Å². The van der Waals surface area contributed by atoms with Crippen LogP contribution < -0.4 is 10.1 Å². The van der Waals surface area contributed by atoms with E-state index in [9.17, 15) is 0 Å². The lowest BCUT2D eigenvalue weighted by atomic mass is 9.96. The molecule has 20 heavy (non-hydrogen) atoms. The summed E-state index contributed by atoms with van der Waals surface area (Å²) in [6.45, 7) is 4.23. The summed E-state index contributed by atoms with van der Waals surface area (Å²) >= 11 is 1.75. The molecule has 0 amide bonds. The third-order valence-electron chi connectivity index (χ3n) is 4.13. The fourth-order valence-corrected chi connectivity index (χ4v) is 4.14. The SMILES string of the molecule is COc1c(C)cc(C)c2sc(NC3CCCCC3)nc12. The van der Waals surface area contributed by atoms with E-state index in [2.05, 4.69) is 25.2 Å². The molecule has 0 aliphatic heterocycles. The van der Waals surface area contributed by atoms with Crippen molar-refractivity contribution in [3.63, 3.8) is 0 Å². The molecule has 1 aromatic carbocycles. The number of aromatic nitrogens is 1. The van der Waals surface area contributed by atoms with Crippen molar-refractivity contribution < 1.29 is 4.74 Å². The summed E-state index contributed by atoms with van der Waals surface area (Å²) in [5, 5.41) is 4.66. The van der Waals surface area contributed by atoms with Gasteiger partial charge in [0, 0.05) is 6.04 Å². The Bertz CT molecular complexity index is 614. The van der Waals surface area contributed by atoms with Crippen molar-refractivity contribution in [1.29, 1.82) is 0 Å². The topological polar surface area (TPSA) is 34.1 Å². The zero-order chi connectivity index (χ0) is 14.1. The summed E-state index contributed by atoms with van der Waals surface area (Å²) < 4.78 is 6.77. The zero-order valence-electron chi connectivity index (χ0n) is 12.5. The van der Waals surface area contributed by atoms with E-state index in [0.29, 0.717) is 6.04 Å². The van der Waals surface area contributed by atoms with Crippen molar-refractivity contribution in [2.45, 2.75) is 52.0 Å². The lowest BCUT2D eigenvalue weighted by Crippen LogP contribution is -2.21. The number of hydrogen-bond acceptors (Lipinski definition) is 4. The third kappa shape index (κ3) is 2.49. The van der Waals surface area contributed by atoms with Gasteiger partial charge in [-0.2, -0.15) is 0 Å². The molecular formula is C16H22N2OS. The normalized spacial score (nSPS) is 16.6. The molecule has 4 heteroatoms. The number of anilines is 1. The molecule has 1 aliphatic carbocycles. The highest BCUT2D eigenvalue weighted by Crippen LogP contribution is 2.37. The standard InChI is InChI=1S/C16H22N2OS/c1-10-9-11(2)15-13(14(10)19-3)18-16(20-15)17-12-7-5-4-6-8-12/h9,12H,4-8H2,1-3H3,(H,17,18). The molecular weight excluding hydrogens is 268 g/mol. The zero-order valence-corrected chi connectivity index (χ0v) is 13.3. The van der Waals surface area contributed by atoms with Crippen LogP contribution in [0.25, 0.3) is 10.2 Å². The van der Waals surface area contributed by atoms with Crippen LogP contribution in [0.3, 0.4) is 0 Å². The van der Waals surface area contributed by atoms with Gasteiger partial charge in [-0.1, -0.05) is 36.7 Å².